The molecule has 0 aliphatic carbocycles. The summed E-state index contributed by atoms with van der Waals surface area (Å²) in [6.07, 6.45) is 1.32. The zero-order valence-electron chi connectivity index (χ0n) is 22.5. The fourth-order valence-corrected chi connectivity index (χ4v) is 5.31. The van der Waals surface area contributed by atoms with Crippen LogP contribution in [-0.2, 0) is 22.4 Å². The summed E-state index contributed by atoms with van der Waals surface area (Å²) in [7, 11) is 0. The van der Waals surface area contributed by atoms with Crippen molar-refractivity contribution in [3.05, 3.63) is 94.6 Å². The van der Waals surface area contributed by atoms with Crippen molar-refractivity contribution < 1.29 is 28.9 Å². The summed E-state index contributed by atoms with van der Waals surface area (Å²) in [6.45, 7) is 6.96. The van der Waals surface area contributed by atoms with Crippen LogP contribution in [0, 0.1) is 0 Å². The average molecular weight is 528 g/mol. The molecule has 5 rings (SSSR count). The second-order valence-electron chi connectivity index (χ2n) is 9.76. The number of ether oxygens (including phenoxy) is 3. The Hall–Kier alpha value is -4.26. The van der Waals surface area contributed by atoms with Gasteiger partial charge in [-0.15, -0.1) is 0 Å². The molecule has 39 heavy (non-hydrogen) atoms. The van der Waals surface area contributed by atoms with Crippen molar-refractivity contribution in [2.24, 2.45) is 0 Å². The first-order valence-corrected chi connectivity index (χ1v) is 13.4. The first-order chi connectivity index (χ1) is 18.9. The van der Waals surface area contributed by atoms with Crippen molar-refractivity contribution in [3.63, 3.8) is 0 Å². The third-order valence-electron chi connectivity index (χ3n) is 7.08. The molecule has 3 aromatic rings. The Labute approximate surface area is 228 Å². The van der Waals surface area contributed by atoms with Crippen LogP contribution in [-0.4, -0.2) is 47.6 Å². The van der Waals surface area contributed by atoms with Gasteiger partial charge in [0.1, 0.15) is 17.6 Å². The van der Waals surface area contributed by atoms with Crippen LogP contribution < -0.4 is 14.2 Å². The molecule has 2 unspecified atom stereocenters. The number of benzene rings is 3. The van der Waals surface area contributed by atoms with E-state index < -0.39 is 17.7 Å². The number of hydrogen-bond donors (Lipinski definition) is 1. The van der Waals surface area contributed by atoms with Crippen molar-refractivity contribution in [2.75, 3.05) is 19.8 Å². The van der Waals surface area contributed by atoms with Crippen LogP contribution in [0.25, 0.3) is 5.76 Å². The third-order valence-corrected chi connectivity index (χ3v) is 7.08. The lowest BCUT2D eigenvalue weighted by Crippen LogP contribution is -2.31. The second kappa shape index (κ2) is 11.2. The first-order valence-electron chi connectivity index (χ1n) is 13.4. The first kappa shape index (κ1) is 26.4. The zero-order chi connectivity index (χ0) is 27.5. The van der Waals surface area contributed by atoms with E-state index in [-0.39, 0.29) is 17.4 Å². The minimum Gasteiger partial charge on any atom is -0.507 e. The number of carbonyl (C=O) groups excluding carboxylic acids is 2. The Bertz CT molecular complexity index is 1410. The highest BCUT2D eigenvalue weighted by atomic mass is 16.5. The number of hydrogen-bond acceptors (Lipinski definition) is 6. The Kier molecular flexibility index (Phi) is 7.59. The zero-order valence-corrected chi connectivity index (χ0v) is 22.5. The Balaban J connectivity index is 1.60. The molecule has 2 aliphatic heterocycles. The molecular formula is C32H33NO6. The van der Waals surface area contributed by atoms with Gasteiger partial charge in [-0.2, -0.15) is 0 Å². The SMILES string of the molecule is CCOc1ccc(C2/C(=C(\O)c3ccc4c(c3)CC(C)O4)C(=O)C(=O)N2CCc2ccccc2)cc1OCC. The molecule has 202 valence electrons. The number of amides is 1. The summed E-state index contributed by atoms with van der Waals surface area (Å²) in [5.74, 6) is 0.331. The monoisotopic (exact) mass is 527 g/mol. The van der Waals surface area contributed by atoms with Gasteiger partial charge in [-0.3, -0.25) is 9.59 Å². The lowest BCUT2D eigenvalue weighted by atomic mass is 9.94. The van der Waals surface area contributed by atoms with Gasteiger partial charge >= 0.3 is 0 Å². The number of aliphatic hydroxyl groups excluding tert-OH is 1. The molecule has 3 aromatic carbocycles. The van der Waals surface area contributed by atoms with Crippen molar-refractivity contribution in [1.82, 2.24) is 4.90 Å². The van der Waals surface area contributed by atoms with E-state index in [0.717, 1.165) is 16.9 Å². The number of ketones is 1. The van der Waals surface area contributed by atoms with Crippen molar-refractivity contribution in [3.8, 4) is 17.2 Å². The maximum atomic E-state index is 13.5. The summed E-state index contributed by atoms with van der Waals surface area (Å²) in [5, 5.41) is 11.5. The maximum absolute atomic E-state index is 13.5. The molecule has 0 aromatic heterocycles. The summed E-state index contributed by atoms with van der Waals surface area (Å²) in [5.41, 5.74) is 3.21. The lowest BCUT2D eigenvalue weighted by molar-refractivity contribution is -0.139. The third kappa shape index (κ3) is 5.21. The summed E-state index contributed by atoms with van der Waals surface area (Å²) in [4.78, 5) is 28.5. The van der Waals surface area contributed by atoms with Crippen LogP contribution in [0.2, 0.25) is 0 Å². The highest BCUT2D eigenvalue weighted by Gasteiger charge is 2.46. The maximum Gasteiger partial charge on any atom is 0.295 e. The highest BCUT2D eigenvalue weighted by molar-refractivity contribution is 6.46. The van der Waals surface area contributed by atoms with E-state index in [2.05, 4.69) is 0 Å². The molecule has 0 spiro atoms. The van der Waals surface area contributed by atoms with E-state index in [1.165, 1.54) is 0 Å². The smallest absolute Gasteiger partial charge is 0.295 e. The van der Waals surface area contributed by atoms with Gasteiger partial charge in [-0.1, -0.05) is 36.4 Å². The number of Topliss-reactive ketones (excluding diaryl/α,β-unsaturated/α-hetero) is 1. The van der Waals surface area contributed by atoms with Crippen LogP contribution in [0.15, 0.2) is 72.3 Å². The molecular weight excluding hydrogens is 494 g/mol. The van der Waals surface area contributed by atoms with E-state index in [4.69, 9.17) is 14.2 Å². The second-order valence-corrected chi connectivity index (χ2v) is 9.76. The molecule has 7 nitrogen and oxygen atoms in total. The summed E-state index contributed by atoms with van der Waals surface area (Å²) >= 11 is 0. The van der Waals surface area contributed by atoms with Crippen LogP contribution in [0.4, 0.5) is 0 Å². The van der Waals surface area contributed by atoms with Crippen LogP contribution in [0.5, 0.6) is 17.2 Å². The van der Waals surface area contributed by atoms with Crippen molar-refractivity contribution >= 4 is 17.4 Å². The van der Waals surface area contributed by atoms with Crippen LogP contribution in [0.3, 0.4) is 0 Å². The summed E-state index contributed by atoms with van der Waals surface area (Å²) in [6, 6.07) is 19.8. The number of nitrogens with zero attached hydrogens (tertiary/aromatic N) is 1. The number of fused-ring (bicyclic) bond motifs is 1. The molecule has 0 saturated carbocycles. The van der Waals surface area contributed by atoms with Gasteiger partial charge < -0.3 is 24.2 Å². The lowest BCUT2D eigenvalue weighted by Gasteiger charge is -2.26. The van der Waals surface area contributed by atoms with Gasteiger partial charge in [0.05, 0.1) is 24.8 Å². The topological polar surface area (TPSA) is 85.3 Å². The predicted octanol–water partition coefficient (Wildman–Crippen LogP) is 5.47. The predicted molar refractivity (Wildman–Crippen MR) is 148 cm³/mol. The van der Waals surface area contributed by atoms with E-state index >= 15 is 0 Å². The van der Waals surface area contributed by atoms with Gasteiger partial charge in [0.2, 0.25) is 0 Å². The molecule has 1 amide bonds. The quantitative estimate of drug-likeness (QED) is 0.226. The standard InChI is InChI=1S/C32H33NO6/c1-4-37-26-14-11-22(19-27(26)38-5-2)29-28(30(34)23-12-13-25-24(18-23)17-20(3)39-25)31(35)32(36)33(29)16-15-21-9-7-6-8-10-21/h6-14,18-20,29,34H,4-5,15-17H2,1-3H3/b30-28+. The van der Waals surface area contributed by atoms with Crippen LogP contribution >= 0.6 is 0 Å². The minimum atomic E-state index is -0.785. The van der Waals surface area contributed by atoms with Gasteiger partial charge in [-0.05, 0) is 74.2 Å². The number of aliphatic hydroxyl groups is 1. The van der Waals surface area contributed by atoms with E-state index in [1.807, 2.05) is 63.2 Å². The minimum absolute atomic E-state index is 0.0433. The van der Waals surface area contributed by atoms with Crippen molar-refractivity contribution in [1.29, 1.82) is 0 Å². The van der Waals surface area contributed by atoms with Crippen LogP contribution in [0.1, 0.15) is 49.1 Å². The molecule has 0 bridgehead atoms. The number of carbonyl (C=O) groups is 2. The van der Waals surface area contributed by atoms with Gasteiger partial charge in [0, 0.05) is 18.5 Å². The summed E-state index contributed by atoms with van der Waals surface area (Å²) < 4.78 is 17.4. The Morgan fingerprint density at radius 3 is 2.46 bits per heavy atom. The Morgan fingerprint density at radius 2 is 1.72 bits per heavy atom. The van der Waals surface area contributed by atoms with E-state index in [1.54, 1.807) is 29.2 Å². The fraction of sp³-hybridized carbons (Fsp3) is 0.312. The van der Waals surface area contributed by atoms with Crippen molar-refractivity contribution in [2.45, 2.75) is 45.8 Å². The molecule has 0 radical (unpaired) electrons. The van der Waals surface area contributed by atoms with Gasteiger partial charge in [0.15, 0.2) is 11.5 Å². The number of rotatable bonds is 9. The largest absolute Gasteiger partial charge is 0.507 e. The fourth-order valence-electron chi connectivity index (χ4n) is 5.31. The normalized spacial score (nSPS) is 19.6. The molecule has 2 atom stereocenters. The molecule has 1 saturated heterocycles. The van der Waals surface area contributed by atoms with E-state index in [9.17, 15) is 14.7 Å². The van der Waals surface area contributed by atoms with Gasteiger partial charge in [-0.25, -0.2) is 0 Å². The molecule has 2 heterocycles. The Morgan fingerprint density at radius 1 is 0.974 bits per heavy atom. The molecule has 1 N–H and O–H groups in total. The van der Waals surface area contributed by atoms with Gasteiger partial charge in [0.25, 0.3) is 11.7 Å². The van der Waals surface area contributed by atoms with E-state index in [0.29, 0.717) is 55.2 Å². The molecule has 7 heteroatoms. The number of likely N-dealkylation sites (tertiary alicyclic amines) is 1. The highest BCUT2D eigenvalue weighted by Crippen LogP contribution is 2.43. The average Bonchev–Trinajstić information content (AvgIpc) is 3.44. The molecule has 1 fully saturated rings. The molecule has 2 aliphatic rings.